The number of rotatable bonds is 11. The Labute approximate surface area is 229 Å². The van der Waals surface area contributed by atoms with Crippen molar-refractivity contribution in [1.82, 2.24) is 10.2 Å². The van der Waals surface area contributed by atoms with E-state index in [0.717, 1.165) is 10.6 Å². The van der Waals surface area contributed by atoms with Crippen LogP contribution >= 0.6 is 23.2 Å². The normalized spacial score (nSPS) is 12.6. The fourth-order valence-electron chi connectivity index (χ4n) is 3.84. The quantitative estimate of drug-likeness (QED) is 0.390. The van der Waals surface area contributed by atoms with Crippen molar-refractivity contribution in [2.24, 2.45) is 0 Å². The molecule has 0 aliphatic rings. The van der Waals surface area contributed by atoms with Crippen molar-refractivity contribution < 1.29 is 22.4 Å². The molecule has 204 valence electrons. The van der Waals surface area contributed by atoms with Crippen molar-refractivity contribution in [1.29, 1.82) is 0 Å². The first-order valence-corrected chi connectivity index (χ1v) is 14.5. The van der Waals surface area contributed by atoms with Gasteiger partial charge in [0.2, 0.25) is 21.8 Å². The van der Waals surface area contributed by atoms with E-state index in [4.69, 9.17) is 23.2 Å². The average Bonchev–Trinajstić information content (AvgIpc) is 2.76. The maximum atomic E-state index is 14.3. The van der Waals surface area contributed by atoms with Crippen LogP contribution in [0.1, 0.15) is 52.5 Å². The number of anilines is 1. The molecule has 0 bridgehead atoms. The summed E-state index contributed by atoms with van der Waals surface area (Å²) in [5, 5.41) is 3.72. The molecule has 11 heteroatoms. The van der Waals surface area contributed by atoms with Gasteiger partial charge in [0.1, 0.15) is 11.9 Å². The van der Waals surface area contributed by atoms with Crippen LogP contribution in [0.2, 0.25) is 10.0 Å². The van der Waals surface area contributed by atoms with Crippen molar-refractivity contribution >= 4 is 50.7 Å². The summed E-state index contributed by atoms with van der Waals surface area (Å²) in [5.41, 5.74) is 0.0242. The number of para-hydroxylation sites is 1. The minimum atomic E-state index is -3.80. The van der Waals surface area contributed by atoms with Crippen LogP contribution in [0.4, 0.5) is 10.1 Å². The van der Waals surface area contributed by atoms with Crippen LogP contribution in [-0.4, -0.2) is 49.5 Å². The smallest absolute Gasteiger partial charge is 0.243 e. The highest BCUT2D eigenvalue weighted by Gasteiger charge is 2.31. The summed E-state index contributed by atoms with van der Waals surface area (Å²) >= 11 is 12.4. The second-order valence-electron chi connectivity index (χ2n) is 9.81. The van der Waals surface area contributed by atoms with Gasteiger partial charge in [0.25, 0.3) is 0 Å². The monoisotopic (exact) mass is 573 g/mol. The summed E-state index contributed by atoms with van der Waals surface area (Å²) in [6, 6.07) is 9.69. The van der Waals surface area contributed by atoms with Gasteiger partial charge in [0.05, 0.1) is 11.9 Å². The molecule has 37 heavy (non-hydrogen) atoms. The van der Waals surface area contributed by atoms with Crippen LogP contribution in [0.5, 0.6) is 0 Å². The lowest BCUT2D eigenvalue weighted by atomic mass is 10.0. The average molecular weight is 575 g/mol. The predicted octanol–water partition coefficient (Wildman–Crippen LogP) is 5.40. The molecule has 2 rings (SSSR count). The molecule has 7 nitrogen and oxygen atoms in total. The first-order chi connectivity index (χ1) is 17.1. The SMILES string of the molecule is CC[C@@H](C(=O)NC(C)(C)C)N(Cc1ccc(Cl)cc1Cl)C(=O)CCCN(c1ccccc1F)S(C)(=O)=O. The molecule has 2 aromatic rings. The van der Waals surface area contributed by atoms with E-state index in [1.54, 1.807) is 31.2 Å². The van der Waals surface area contributed by atoms with Crippen molar-refractivity contribution in [3.8, 4) is 0 Å². The van der Waals surface area contributed by atoms with Crippen LogP contribution in [0.15, 0.2) is 42.5 Å². The number of sulfonamides is 1. The summed E-state index contributed by atoms with van der Waals surface area (Å²) in [5.74, 6) is -1.34. The molecule has 0 spiro atoms. The van der Waals surface area contributed by atoms with E-state index in [2.05, 4.69) is 5.32 Å². The fraction of sp³-hybridized carbons (Fsp3) is 0.462. The molecule has 0 saturated carbocycles. The number of hydrogen-bond acceptors (Lipinski definition) is 4. The number of amides is 2. The summed E-state index contributed by atoms with van der Waals surface area (Å²) in [6.45, 7) is 7.31. The zero-order chi connectivity index (χ0) is 28.0. The number of hydrogen-bond donors (Lipinski definition) is 1. The van der Waals surface area contributed by atoms with Crippen LogP contribution < -0.4 is 9.62 Å². The van der Waals surface area contributed by atoms with E-state index in [1.807, 2.05) is 20.8 Å². The van der Waals surface area contributed by atoms with E-state index < -0.39 is 27.4 Å². The van der Waals surface area contributed by atoms with Gasteiger partial charge in [-0.15, -0.1) is 0 Å². The van der Waals surface area contributed by atoms with Crippen LogP contribution in [0, 0.1) is 5.82 Å². The highest BCUT2D eigenvalue weighted by Crippen LogP contribution is 2.25. The van der Waals surface area contributed by atoms with Crippen LogP contribution in [0.25, 0.3) is 0 Å². The van der Waals surface area contributed by atoms with Gasteiger partial charge in [0.15, 0.2) is 0 Å². The molecule has 0 radical (unpaired) electrons. The molecular weight excluding hydrogens is 540 g/mol. The van der Waals surface area contributed by atoms with E-state index >= 15 is 0 Å². The lowest BCUT2D eigenvalue weighted by molar-refractivity contribution is -0.142. The van der Waals surface area contributed by atoms with Crippen molar-refractivity contribution in [2.75, 3.05) is 17.1 Å². The third-order valence-corrected chi connectivity index (χ3v) is 7.28. The topological polar surface area (TPSA) is 86.8 Å². The largest absolute Gasteiger partial charge is 0.350 e. The molecule has 1 atom stereocenters. The molecule has 0 heterocycles. The molecule has 2 amide bonds. The van der Waals surface area contributed by atoms with Crippen LogP contribution in [0.3, 0.4) is 0 Å². The van der Waals surface area contributed by atoms with Gasteiger partial charge in [-0.2, -0.15) is 0 Å². The van der Waals surface area contributed by atoms with Gasteiger partial charge < -0.3 is 10.2 Å². The molecule has 0 aliphatic carbocycles. The Kier molecular flexibility index (Phi) is 10.8. The number of nitrogens with zero attached hydrogens (tertiary/aromatic N) is 2. The maximum absolute atomic E-state index is 14.3. The maximum Gasteiger partial charge on any atom is 0.243 e. The van der Waals surface area contributed by atoms with Gasteiger partial charge >= 0.3 is 0 Å². The van der Waals surface area contributed by atoms with E-state index in [1.165, 1.54) is 23.1 Å². The number of carbonyl (C=O) groups is 2. The second-order valence-corrected chi connectivity index (χ2v) is 12.6. The fourth-order valence-corrected chi connectivity index (χ4v) is 5.28. The molecule has 0 aromatic heterocycles. The molecular formula is C26H34Cl2FN3O4S. The summed E-state index contributed by atoms with van der Waals surface area (Å²) in [6.07, 6.45) is 1.39. The van der Waals surface area contributed by atoms with Crippen molar-refractivity contribution in [3.63, 3.8) is 0 Å². The minimum Gasteiger partial charge on any atom is -0.350 e. The predicted molar refractivity (Wildman–Crippen MR) is 147 cm³/mol. The lowest BCUT2D eigenvalue weighted by Crippen LogP contribution is -2.53. The zero-order valence-electron chi connectivity index (χ0n) is 21.7. The van der Waals surface area contributed by atoms with Gasteiger partial charge in [-0.1, -0.05) is 48.3 Å². The van der Waals surface area contributed by atoms with Gasteiger partial charge in [-0.25, -0.2) is 12.8 Å². The first kappa shape index (κ1) is 30.9. The molecule has 1 N–H and O–H groups in total. The van der Waals surface area contributed by atoms with Crippen LogP contribution in [-0.2, 0) is 26.2 Å². The van der Waals surface area contributed by atoms with Gasteiger partial charge in [-0.05, 0) is 63.4 Å². The first-order valence-electron chi connectivity index (χ1n) is 11.9. The number of halogens is 3. The Morgan fingerprint density at radius 2 is 1.76 bits per heavy atom. The van der Waals surface area contributed by atoms with E-state index in [9.17, 15) is 22.4 Å². The lowest BCUT2D eigenvalue weighted by Gasteiger charge is -2.33. The Morgan fingerprint density at radius 1 is 1.11 bits per heavy atom. The molecule has 0 unspecified atom stereocenters. The second kappa shape index (κ2) is 12.9. The van der Waals surface area contributed by atoms with Gasteiger partial charge in [-0.3, -0.25) is 13.9 Å². The Balaban J connectivity index is 2.29. The standard InChI is InChI=1S/C26H34Cl2FN3O4S/c1-6-22(25(34)30-26(2,3)4)31(17-18-13-14-19(27)16-20(18)28)24(33)12-9-15-32(37(5,35)36)23-11-8-7-10-21(23)29/h7-8,10-11,13-14,16,22H,6,9,12,15,17H2,1-5H3,(H,30,34)/t22-/m0/s1. The summed E-state index contributed by atoms with van der Waals surface area (Å²) in [7, 11) is -3.80. The zero-order valence-corrected chi connectivity index (χ0v) is 24.1. The number of benzene rings is 2. The summed E-state index contributed by atoms with van der Waals surface area (Å²) < 4.78 is 40.0. The third-order valence-electron chi connectivity index (χ3n) is 5.51. The molecule has 2 aromatic carbocycles. The van der Waals surface area contributed by atoms with Crippen molar-refractivity contribution in [2.45, 2.75) is 65.1 Å². The Hall–Kier alpha value is -2.36. The molecule has 0 saturated heterocycles. The Morgan fingerprint density at radius 3 is 2.30 bits per heavy atom. The molecule has 0 aliphatic heterocycles. The Bertz CT molecular complexity index is 1220. The number of carbonyl (C=O) groups excluding carboxylic acids is 2. The highest BCUT2D eigenvalue weighted by atomic mass is 35.5. The van der Waals surface area contributed by atoms with Gasteiger partial charge in [0, 0.05) is 35.1 Å². The van der Waals surface area contributed by atoms with E-state index in [0.29, 0.717) is 22.0 Å². The molecule has 0 fully saturated rings. The van der Waals surface area contributed by atoms with Crippen molar-refractivity contribution in [3.05, 3.63) is 63.9 Å². The number of nitrogens with one attached hydrogen (secondary N) is 1. The third kappa shape index (κ3) is 9.16. The highest BCUT2D eigenvalue weighted by molar-refractivity contribution is 7.92. The minimum absolute atomic E-state index is 0.0635. The summed E-state index contributed by atoms with van der Waals surface area (Å²) in [4.78, 5) is 28.0. The van der Waals surface area contributed by atoms with E-state index in [-0.39, 0.29) is 43.4 Å².